The highest BCUT2D eigenvalue weighted by Crippen LogP contribution is 2.48. The third kappa shape index (κ3) is 15.9. The molecule has 6 aromatic rings. The molecule has 0 unspecified atom stereocenters. The van der Waals surface area contributed by atoms with Gasteiger partial charge in [0.05, 0.1) is 53.7 Å². The maximum atomic E-state index is 5.59. The second-order valence-electron chi connectivity index (χ2n) is 18.3. The molecule has 0 bridgehead atoms. The highest BCUT2D eigenvalue weighted by atomic mass is 32.1. The molecule has 66 heavy (non-hydrogen) atoms. The summed E-state index contributed by atoms with van der Waals surface area (Å²) < 4.78 is 0. The predicted octanol–water partition coefficient (Wildman–Crippen LogP) is 19.5. The molecule has 0 aliphatic rings. The highest BCUT2D eigenvalue weighted by Gasteiger charge is 2.27. The first kappa shape index (κ1) is 53.1. The van der Waals surface area contributed by atoms with Crippen LogP contribution in [-0.4, -0.2) is 29.9 Å². The topological polar surface area (TPSA) is 77.3 Å². The molecule has 0 aliphatic heterocycles. The monoisotopic (exact) mass is 1000 g/mol. The van der Waals surface area contributed by atoms with Gasteiger partial charge in [-0.2, -0.15) is 0 Å². The average molecular weight is 1010 g/mol. The number of hydrogen-bond acceptors (Lipinski definition) is 12. The maximum Gasteiger partial charge on any atom is 0.153 e. The Labute approximate surface area is 423 Å². The molecule has 0 saturated carbocycles. The van der Waals surface area contributed by atoms with Gasteiger partial charge in [0.2, 0.25) is 0 Å². The molecule has 6 nitrogen and oxygen atoms in total. The van der Waals surface area contributed by atoms with Gasteiger partial charge in [-0.1, -0.05) is 157 Å². The fraction of sp³-hybridized carbons (Fsp3) is 0.667. The SMILES string of the molecule is CCCCCCc1csc(-c2nc(CCCCCC)c(-c3sc(-c4nc(CCCCCC)c(-c5sc(-c6nc(CCCCCC)cs6)nc5CCCCCC)s4)nc3CCCCCC)s2)n1. The second-order valence-corrected chi connectivity index (χ2v) is 24.0. The van der Waals surface area contributed by atoms with Gasteiger partial charge in [-0.25, -0.2) is 29.9 Å². The van der Waals surface area contributed by atoms with Crippen molar-refractivity contribution in [3.63, 3.8) is 0 Å². The molecule has 0 aliphatic carbocycles. The highest BCUT2D eigenvalue weighted by molar-refractivity contribution is 7.30. The van der Waals surface area contributed by atoms with Gasteiger partial charge in [0.15, 0.2) is 30.0 Å². The predicted molar refractivity (Wildman–Crippen MR) is 295 cm³/mol. The number of hydrogen-bond donors (Lipinski definition) is 0. The smallest absolute Gasteiger partial charge is 0.153 e. The van der Waals surface area contributed by atoms with Crippen LogP contribution < -0.4 is 0 Å². The van der Waals surface area contributed by atoms with E-state index in [2.05, 4.69) is 52.3 Å². The molecule has 0 N–H and O–H groups in total. The lowest BCUT2D eigenvalue weighted by Gasteiger charge is -2.04. The first-order chi connectivity index (χ1) is 32.5. The first-order valence-corrected chi connectivity index (χ1v) is 31.4. The first-order valence-electron chi connectivity index (χ1n) is 26.4. The van der Waals surface area contributed by atoms with Crippen LogP contribution in [0.3, 0.4) is 0 Å². The molecule has 0 atom stereocenters. The third-order valence-corrected chi connectivity index (χ3v) is 19.4. The van der Waals surface area contributed by atoms with Crippen LogP contribution in [0.4, 0.5) is 0 Å². The summed E-state index contributed by atoms with van der Waals surface area (Å²) in [5.41, 5.74) is 7.39. The molecule has 6 aromatic heterocycles. The molecule has 0 amide bonds. The zero-order valence-corrected chi connectivity index (χ0v) is 46.4. The van der Waals surface area contributed by atoms with Crippen LogP contribution in [0, 0.1) is 0 Å². The van der Waals surface area contributed by atoms with E-state index >= 15 is 0 Å². The molecular weight excluding hydrogens is 925 g/mol. The summed E-state index contributed by atoms with van der Waals surface area (Å²) in [5, 5.41) is 11.0. The largest absolute Gasteiger partial charge is 0.239 e. The molecule has 0 fully saturated rings. The van der Waals surface area contributed by atoms with Crippen LogP contribution in [0.1, 0.15) is 230 Å². The Morgan fingerprint density at radius 3 is 0.773 bits per heavy atom. The molecule has 362 valence electrons. The van der Waals surface area contributed by atoms with Crippen molar-refractivity contribution in [2.75, 3.05) is 0 Å². The molecule has 0 spiro atoms. The van der Waals surface area contributed by atoms with E-state index in [1.54, 1.807) is 22.7 Å². The van der Waals surface area contributed by atoms with Crippen molar-refractivity contribution in [2.45, 2.75) is 234 Å². The number of rotatable bonds is 35. The number of aryl methyl sites for hydroxylation is 6. The van der Waals surface area contributed by atoms with E-state index in [9.17, 15) is 0 Å². The number of thiazole rings is 6. The van der Waals surface area contributed by atoms with Crippen LogP contribution in [-0.2, 0) is 38.5 Å². The van der Waals surface area contributed by atoms with Gasteiger partial charge >= 0.3 is 0 Å². The quantitative estimate of drug-likeness (QED) is 0.0369. The van der Waals surface area contributed by atoms with Gasteiger partial charge in [0.1, 0.15) is 0 Å². The molecule has 0 saturated heterocycles. The maximum absolute atomic E-state index is 5.59. The fourth-order valence-electron chi connectivity index (χ4n) is 8.54. The van der Waals surface area contributed by atoms with E-state index < -0.39 is 0 Å². The molecule has 6 rings (SSSR count). The molecular formula is C54H80N6S6. The summed E-state index contributed by atoms with van der Waals surface area (Å²) in [7, 11) is 0. The second kappa shape index (κ2) is 29.7. The van der Waals surface area contributed by atoms with E-state index in [1.807, 2.05) is 45.3 Å². The minimum absolute atomic E-state index is 0.990. The summed E-state index contributed by atoms with van der Waals surface area (Å²) in [6.45, 7) is 13.8. The van der Waals surface area contributed by atoms with Crippen LogP contribution in [0.2, 0.25) is 0 Å². The minimum Gasteiger partial charge on any atom is -0.239 e. The van der Waals surface area contributed by atoms with Gasteiger partial charge < -0.3 is 0 Å². The van der Waals surface area contributed by atoms with E-state index in [-0.39, 0.29) is 0 Å². The molecule has 12 heteroatoms. The van der Waals surface area contributed by atoms with Crippen molar-refractivity contribution in [3.05, 3.63) is 44.9 Å². The zero-order chi connectivity index (χ0) is 46.4. The van der Waals surface area contributed by atoms with Crippen molar-refractivity contribution in [3.8, 4) is 49.6 Å². The number of aromatic nitrogens is 6. The Morgan fingerprint density at radius 1 is 0.273 bits per heavy atom. The number of unbranched alkanes of at least 4 members (excludes halogenated alkanes) is 18. The van der Waals surface area contributed by atoms with E-state index in [1.165, 1.54) is 182 Å². The lowest BCUT2D eigenvalue weighted by Crippen LogP contribution is -1.93. The van der Waals surface area contributed by atoms with Gasteiger partial charge in [0, 0.05) is 10.8 Å². The van der Waals surface area contributed by atoms with Crippen molar-refractivity contribution < 1.29 is 0 Å². The number of nitrogens with zero attached hydrogens (tertiary/aromatic N) is 6. The van der Waals surface area contributed by atoms with Crippen LogP contribution >= 0.6 is 68.0 Å². The van der Waals surface area contributed by atoms with Crippen molar-refractivity contribution in [2.24, 2.45) is 0 Å². The summed E-state index contributed by atoms with van der Waals surface area (Å²) in [6.07, 6.45) is 35.8. The third-order valence-electron chi connectivity index (χ3n) is 12.5. The Kier molecular flexibility index (Phi) is 23.9. The van der Waals surface area contributed by atoms with E-state index in [4.69, 9.17) is 29.9 Å². The Morgan fingerprint density at radius 2 is 0.515 bits per heavy atom. The van der Waals surface area contributed by atoms with Crippen LogP contribution in [0.25, 0.3) is 49.6 Å². The van der Waals surface area contributed by atoms with Gasteiger partial charge in [-0.15, -0.1) is 68.0 Å². The Balaban J connectivity index is 1.40. The zero-order valence-electron chi connectivity index (χ0n) is 41.5. The summed E-state index contributed by atoms with van der Waals surface area (Å²) in [6, 6.07) is 0. The molecule has 0 radical (unpaired) electrons. The van der Waals surface area contributed by atoms with Crippen molar-refractivity contribution >= 4 is 68.0 Å². The van der Waals surface area contributed by atoms with Crippen LogP contribution in [0.15, 0.2) is 10.8 Å². The van der Waals surface area contributed by atoms with Gasteiger partial charge in [0.25, 0.3) is 0 Å². The van der Waals surface area contributed by atoms with E-state index in [0.717, 1.165) is 94.3 Å². The van der Waals surface area contributed by atoms with Crippen molar-refractivity contribution in [1.29, 1.82) is 0 Å². The van der Waals surface area contributed by atoms with Gasteiger partial charge in [-0.3, -0.25) is 0 Å². The van der Waals surface area contributed by atoms with E-state index in [0.29, 0.717) is 0 Å². The Bertz CT molecular complexity index is 2100. The lowest BCUT2D eigenvalue weighted by molar-refractivity contribution is 0.660. The Hall–Kier alpha value is -2.22. The lowest BCUT2D eigenvalue weighted by atomic mass is 10.1. The standard InChI is InChI=1S/C54H80N6S6/c1-7-13-19-25-31-39-37-61-49(55-39)51-57-41(33-27-21-15-9-3)45(63-51)47-43(35-29-23-17-11-5)59-53(65-47)54-60-44(36-30-24-18-12-6)48(66-54)46-42(34-28-22-16-10-4)58-52(64-46)50-56-40(38-62-50)32-26-20-14-8-2/h37-38H,7-36H2,1-6H3. The minimum atomic E-state index is 0.990. The van der Waals surface area contributed by atoms with Crippen molar-refractivity contribution in [1.82, 2.24) is 29.9 Å². The fourth-order valence-corrected chi connectivity index (χ4v) is 15.1. The molecule has 0 aromatic carbocycles. The molecule has 6 heterocycles. The summed E-state index contributed by atoms with van der Waals surface area (Å²) >= 11 is 11.0. The summed E-state index contributed by atoms with van der Waals surface area (Å²) in [4.78, 5) is 37.7. The summed E-state index contributed by atoms with van der Waals surface area (Å²) in [5.74, 6) is 0. The normalized spacial score (nSPS) is 11.8. The average Bonchev–Trinajstić information content (AvgIpc) is 4.20. The van der Waals surface area contributed by atoms with Gasteiger partial charge in [-0.05, 0) is 77.0 Å². The van der Waals surface area contributed by atoms with Crippen LogP contribution in [0.5, 0.6) is 0 Å².